The van der Waals surface area contributed by atoms with E-state index in [0.29, 0.717) is 5.56 Å². The van der Waals surface area contributed by atoms with Gasteiger partial charge in [-0.25, -0.2) is 5.48 Å². The number of hydrogen-bond donors (Lipinski definition) is 2. The molecule has 0 spiro atoms. The summed E-state index contributed by atoms with van der Waals surface area (Å²) in [5, 5.41) is 2.38. The van der Waals surface area contributed by atoms with Crippen LogP contribution in [0.1, 0.15) is 10.4 Å². The average Bonchev–Trinajstić information content (AvgIpc) is 3.01. The monoisotopic (exact) mass is 273 g/mol. The molecule has 0 saturated carbocycles. The molecule has 0 radical (unpaired) electrons. The molecule has 104 valence electrons. The highest BCUT2D eigenvalue weighted by Gasteiger charge is 2.06. The Hall–Kier alpha value is -2.60. The summed E-state index contributed by atoms with van der Waals surface area (Å²) in [7, 11) is 1.49. The van der Waals surface area contributed by atoms with Crippen molar-refractivity contribution < 1.29 is 14.4 Å². The first-order valence-electron chi connectivity index (χ1n) is 6.07. The first kappa shape index (κ1) is 13.8. The van der Waals surface area contributed by atoms with Gasteiger partial charge in [0.25, 0.3) is 5.91 Å². The van der Waals surface area contributed by atoms with Crippen LogP contribution in [0.3, 0.4) is 0 Å². The number of amides is 2. The minimum atomic E-state index is -0.395. The van der Waals surface area contributed by atoms with Crippen LogP contribution >= 0.6 is 0 Å². The summed E-state index contributed by atoms with van der Waals surface area (Å²) in [5.74, 6) is -0.707. The van der Waals surface area contributed by atoms with E-state index in [4.69, 9.17) is 4.84 Å². The highest BCUT2D eigenvalue weighted by Crippen LogP contribution is 2.09. The maximum absolute atomic E-state index is 11.7. The van der Waals surface area contributed by atoms with Gasteiger partial charge in [0.2, 0.25) is 5.91 Å². The second kappa shape index (κ2) is 6.53. The van der Waals surface area contributed by atoms with Gasteiger partial charge < -0.3 is 9.88 Å². The van der Waals surface area contributed by atoms with E-state index in [1.165, 1.54) is 7.05 Å². The lowest BCUT2D eigenvalue weighted by molar-refractivity contribution is -0.126. The van der Waals surface area contributed by atoms with E-state index in [1.54, 1.807) is 12.1 Å². The number of hydrogen-bond acceptors (Lipinski definition) is 3. The Bertz CT molecular complexity index is 576. The molecule has 20 heavy (non-hydrogen) atoms. The van der Waals surface area contributed by atoms with Crippen LogP contribution in [0.15, 0.2) is 48.8 Å². The lowest BCUT2D eigenvalue weighted by Gasteiger charge is -2.07. The molecule has 0 atom stereocenters. The summed E-state index contributed by atoms with van der Waals surface area (Å²) in [6, 6.07) is 10.9. The quantitative estimate of drug-likeness (QED) is 0.794. The highest BCUT2D eigenvalue weighted by atomic mass is 16.7. The van der Waals surface area contributed by atoms with Gasteiger partial charge in [0.05, 0.1) is 0 Å². The molecule has 0 unspecified atom stereocenters. The highest BCUT2D eigenvalue weighted by molar-refractivity contribution is 5.93. The average molecular weight is 273 g/mol. The summed E-state index contributed by atoms with van der Waals surface area (Å²) in [4.78, 5) is 27.4. The van der Waals surface area contributed by atoms with Crippen LogP contribution in [0, 0.1) is 0 Å². The molecule has 0 aliphatic heterocycles. The van der Waals surface area contributed by atoms with Crippen LogP contribution in [-0.4, -0.2) is 30.0 Å². The molecular weight excluding hydrogens is 258 g/mol. The van der Waals surface area contributed by atoms with E-state index in [1.807, 2.05) is 41.2 Å². The van der Waals surface area contributed by atoms with Crippen LogP contribution in [0.4, 0.5) is 0 Å². The standard InChI is InChI=1S/C14H15N3O3/c1-15-13(18)10-20-16-14(19)11-4-6-12(7-5-11)17-8-2-3-9-17/h2-9H,10H2,1H3,(H,15,18)(H,16,19). The molecule has 1 aromatic carbocycles. The topological polar surface area (TPSA) is 72.4 Å². The van der Waals surface area contributed by atoms with Gasteiger partial charge in [0, 0.05) is 30.7 Å². The van der Waals surface area contributed by atoms with Gasteiger partial charge in [-0.3, -0.25) is 14.4 Å². The Balaban J connectivity index is 1.92. The molecule has 0 saturated heterocycles. The van der Waals surface area contributed by atoms with Crippen LogP contribution in [0.2, 0.25) is 0 Å². The Morgan fingerprint density at radius 3 is 2.40 bits per heavy atom. The summed E-state index contributed by atoms with van der Waals surface area (Å²) in [6.45, 7) is -0.219. The number of carbonyl (C=O) groups excluding carboxylic acids is 2. The number of rotatable bonds is 5. The second-order valence-corrected chi connectivity index (χ2v) is 4.03. The molecule has 2 rings (SSSR count). The predicted octanol–water partition coefficient (Wildman–Crippen LogP) is 0.885. The molecular formula is C14H15N3O3. The molecule has 2 N–H and O–H groups in total. The Kier molecular flexibility index (Phi) is 4.52. The van der Waals surface area contributed by atoms with Gasteiger partial charge >= 0.3 is 0 Å². The van der Waals surface area contributed by atoms with E-state index < -0.39 is 5.91 Å². The lowest BCUT2D eigenvalue weighted by Crippen LogP contribution is -2.31. The van der Waals surface area contributed by atoms with E-state index in [0.717, 1.165) is 5.69 Å². The van der Waals surface area contributed by atoms with Crippen molar-refractivity contribution in [3.8, 4) is 5.69 Å². The second-order valence-electron chi connectivity index (χ2n) is 4.03. The summed E-state index contributed by atoms with van der Waals surface area (Å²) >= 11 is 0. The van der Waals surface area contributed by atoms with E-state index >= 15 is 0 Å². The van der Waals surface area contributed by atoms with Crippen molar-refractivity contribution in [1.82, 2.24) is 15.4 Å². The van der Waals surface area contributed by atoms with Crippen LogP contribution in [-0.2, 0) is 9.63 Å². The normalized spacial score (nSPS) is 10.1. The fourth-order valence-electron chi connectivity index (χ4n) is 1.59. The first-order chi connectivity index (χ1) is 9.70. The van der Waals surface area contributed by atoms with Crippen molar-refractivity contribution >= 4 is 11.8 Å². The zero-order valence-corrected chi connectivity index (χ0v) is 11.0. The fourth-order valence-corrected chi connectivity index (χ4v) is 1.59. The van der Waals surface area contributed by atoms with E-state index in [-0.39, 0.29) is 12.5 Å². The summed E-state index contributed by atoms with van der Waals surface area (Å²) in [5.41, 5.74) is 3.62. The van der Waals surface area contributed by atoms with Crippen molar-refractivity contribution in [3.63, 3.8) is 0 Å². The number of carbonyl (C=O) groups is 2. The maximum Gasteiger partial charge on any atom is 0.274 e. The number of likely N-dealkylation sites (N-methyl/N-ethyl adjacent to an activating group) is 1. The number of benzene rings is 1. The van der Waals surface area contributed by atoms with Crippen LogP contribution < -0.4 is 10.8 Å². The molecule has 0 bridgehead atoms. The molecule has 0 fully saturated rings. The number of aromatic nitrogens is 1. The van der Waals surface area contributed by atoms with Crippen molar-refractivity contribution in [2.24, 2.45) is 0 Å². The summed E-state index contributed by atoms with van der Waals surface area (Å²) in [6.07, 6.45) is 3.84. The Morgan fingerprint density at radius 2 is 1.80 bits per heavy atom. The Morgan fingerprint density at radius 1 is 1.15 bits per heavy atom. The van der Waals surface area contributed by atoms with E-state index in [9.17, 15) is 9.59 Å². The van der Waals surface area contributed by atoms with Crippen molar-refractivity contribution in [3.05, 3.63) is 54.4 Å². The van der Waals surface area contributed by atoms with Crippen LogP contribution in [0.25, 0.3) is 5.69 Å². The third-order valence-electron chi connectivity index (χ3n) is 2.68. The SMILES string of the molecule is CNC(=O)CONC(=O)c1ccc(-n2cccc2)cc1. The van der Waals surface area contributed by atoms with Gasteiger partial charge in [0.15, 0.2) is 6.61 Å². The van der Waals surface area contributed by atoms with Gasteiger partial charge in [-0.15, -0.1) is 0 Å². The molecule has 0 aliphatic rings. The minimum Gasteiger partial charge on any atom is -0.357 e. The fraction of sp³-hybridized carbons (Fsp3) is 0.143. The van der Waals surface area contributed by atoms with Gasteiger partial charge in [-0.1, -0.05) is 0 Å². The maximum atomic E-state index is 11.7. The predicted molar refractivity (Wildman–Crippen MR) is 73.3 cm³/mol. The third kappa shape index (κ3) is 3.46. The van der Waals surface area contributed by atoms with Crippen molar-refractivity contribution in [2.45, 2.75) is 0 Å². The van der Waals surface area contributed by atoms with Crippen molar-refractivity contribution in [1.29, 1.82) is 0 Å². The zero-order valence-electron chi connectivity index (χ0n) is 11.0. The minimum absolute atomic E-state index is 0.219. The van der Waals surface area contributed by atoms with Crippen molar-refractivity contribution in [2.75, 3.05) is 13.7 Å². The smallest absolute Gasteiger partial charge is 0.274 e. The number of nitrogens with zero attached hydrogens (tertiary/aromatic N) is 1. The van der Waals surface area contributed by atoms with Crippen LogP contribution in [0.5, 0.6) is 0 Å². The Labute approximate surface area is 116 Å². The largest absolute Gasteiger partial charge is 0.357 e. The lowest BCUT2D eigenvalue weighted by atomic mass is 10.2. The first-order valence-corrected chi connectivity index (χ1v) is 6.07. The van der Waals surface area contributed by atoms with Gasteiger partial charge in [-0.05, 0) is 36.4 Å². The molecule has 1 heterocycles. The molecule has 6 heteroatoms. The van der Waals surface area contributed by atoms with E-state index in [2.05, 4.69) is 10.8 Å². The number of nitrogens with one attached hydrogen (secondary N) is 2. The zero-order chi connectivity index (χ0) is 14.4. The van der Waals surface area contributed by atoms with Gasteiger partial charge in [0.1, 0.15) is 0 Å². The summed E-state index contributed by atoms with van der Waals surface area (Å²) < 4.78 is 1.93. The molecule has 0 aliphatic carbocycles. The number of hydroxylamine groups is 1. The molecule has 2 amide bonds. The van der Waals surface area contributed by atoms with Gasteiger partial charge in [-0.2, -0.15) is 0 Å². The molecule has 1 aromatic heterocycles. The molecule has 2 aromatic rings. The third-order valence-corrected chi connectivity index (χ3v) is 2.68. The molecule has 6 nitrogen and oxygen atoms in total.